The summed E-state index contributed by atoms with van der Waals surface area (Å²) in [4.78, 5) is 13.8. The van der Waals surface area contributed by atoms with Crippen molar-refractivity contribution in [2.75, 3.05) is 39.2 Å². The van der Waals surface area contributed by atoms with E-state index in [1.807, 2.05) is 32.0 Å². The number of likely N-dealkylation sites (N-methyl/N-ethyl adjacent to an activating group) is 1. The van der Waals surface area contributed by atoms with E-state index in [2.05, 4.69) is 5.32 Å². The van der Waals surface area contributed by atoms with Crippen LogP contribution in [0.4, 0.5) is 5.69 Å². The van der Waals surface area contributed by atoms with Crippen LogP contribution in [-0.2, 0) is 9.53 Å². The van der Waals surface area contributed by atoms with E-state index in [-0.39, 0.29) is 19.1 Å². The van der Waals surface area contributed by atoms with Crippen LogP contribution in [0.1, 0.15) is 11.1 Å². The minimum atomic E-state index is -0.585. The summed E-state index contributed by atoms with van der Waals surface area (Å²) in [5.74, 6) is -0.0884. The summed E-state index contributed by atoms with van der Waals surface area (Å²) in [5, 5.41) is 12.5. The zero-order valence-corrected chi connectivity index (χ0v) is 12.6. The number of amides is 1. The summed E-state index contributed by atoms with van der Waals surface area (Å²) in [5.41, 5.74) is 2.95. The molecule has 5 heteroatoms. The molecule has 1 aromatic rings. The predicted molar refractivity (Wildman–Crippen MR) is 79.9 cm³/mol. The van der Waals surface area contributed by atoms with Crippen LogP contribution >= 0.6 is 0 Å². The second kappa shape index (κ2) is 7.99. The van der Waals surface area contributed by atoms with Gasteiger partial charge in [0.15, 0.2) is 0 Å². The van der Waals surface area contributed by atoms with Crippen molar-refractivity contribution >= 4 is 11.6 Å². The van der Waals surface area contributed by atoms with Crippen molar-refractivity contribution in [3.63, 3.8) is 0 Å². The summed E-state index contributed by atoms with van der Waals surface area (Å²) in [7, 11) is 3.33. The first-order valence-corrected chi connectivity index (χ1v) is 6.65. The molecule has 1 atom stereocenters. The number of nitrogens with one attached hydrogen (secondary N) is 1. The lowest BCUT2D eigenvalue weighted by atomic mass is 10.1. The average Bonchev–Trinajstić information content (AvgIpc) is 2.34. The Balaban J connectivity index is 2.51. The van der Waals surface area contributed by atoms with Gasteiger partial charge in [-0.3, -0.25) is 9.69 Å². The van der Waals surface area contributed by atoms with E-state index in [0.717, 1.165) is 16.8 Å². The number of aliphatic hydroxyl groups excluding tert-OH is 1. The zero-order valence-electron chi connectivity index (χ0n) is 12.6. The number of benzene rings is 1. The van der Waals surface area contributed by atoms with E-state index in [9.17, 15) is 9.90 Å². The summed E-state index contributed by atoms with van der Waals surface area (Å²) in [6.07, 6.45) is -0.585. The molecule has 112 valence electrons. The minimum Gasteiger partial charge on any atom is -0.389 e. The van der Waals surface area contributed by atoms with E-state index in [4.69, 9.17) is 4.74 Å². The van der Waals surface area contributed by atoms with Gasteiger partial charge in [-0.25, -0.2) is 0 Å². The highest BCUT2D eigenvalue weighted by Crippen LogP contribution is 2.19. The van der Waals surface area contributed by atoms with Gasteiger partial charge in [0.1, 0.15) is 0 Å². The van der Waals surface area contributed by atoms with Gasteiger partial charge in [0, 0.05) is 19.3 Å². The number of nitrogens with zero attached hydrogens (tertiary/aromatic N) is 1. The van der Waals surface area contributed by atoms with Crippen molar-refractivity contribution in [1.82, 2.24) is 4.90 Å². The highest BCUT2D eigenvalue weighted by Gasteiger charge is 2.13. The van der Waals surface area contributed by atoms with Crippen LogP contribution in [0.5, 0.6) is 0 Å². The molecule has 0 bridgehead atoms. The van der Waals surface area contributed by atoms with Crippen LogP contribution in [0, 0.1) is 13.8 Å². The molecule has 0 fully saturated rings. The van der Waals surface area contributed by atoms with Gasteiger partial charge in [0.05, 0.1) is 19.3 Å². The third-order valence-electron chi connectivity index (χ3n) is 3.04. The Labute approximate surface area is 120 Å². The minimum absolute atomic E-state index is 0.0884. The Morgan fingerprint density at radius 3 is 2.55 bits per heavy atom. The Kier molecular flexibility index (Phi) is 6.64. The van der Waals surface area contributed by atoms with Crippen molar-refractivity contribution in [2.45, 2.75) is 20.0 Å². The third kappa shape index (κ3) is 5.28. The molecule has 20 heavy (non-hydrogen) atoms. The number of aryl methyl sites for hydroxylation is 2. The molecule has 0 aliphatic carbocycles. The molecule has 0 heterocycles. The molecule has 0 radical (unpaired) electrons. The van der Waals surface area contributed by atoms with Gasteiger partial charge in [-0.15, -0.1) is 0 Å². The third-order valence-corrected chi connectivity index (χ3v) is 3.04. The lowest BCUT2D eigenvalue weighted by Gasteiger charge is -2.20. The second-order valence-electron chi connectivity index (χ2n) is 5.12. The van der Waals surface area contributed by atoms with E-state index in [1.165, 1.54) is 7.11 Å². The number of rotatable bonds is 7. The zero-order chi connectivity index (χ0) is 15.1. The van der Waals surface area contributed by atoms with Crippen LogP contribution in [0.3, 0.4) is 0 Å². The highest BCUT2D eigenvalue weighted by molar-refractivity contribution is 5.93. The van der Waals surface area contributed by atoms with Crippen molar-refractivity contribution < 1.29 is 14.6 Å². The maximum atomic E-state index is 12.0. The highest BCUT2D eigenvalue weighted by atomic mass is 16.5. The summed E-state index contributed by atoms with van der Waals surface area (Å²) >= 11 is 0. The second-order valence-corrected chi connectivity index (χ2v) is 5.12. The Morgan fingerprint density at radius 2 is 2.00 bits per heavy atom. The van der Waals surface area contributed by atoms with E-state index in [0.29, 0.717) is 6.54 Å². The quantitative estimate of drug-likeness (QED) is 0.787. The predicted octanol–water partition coefficient (Wildman–Crippen LogP) is 1.18. The fourth-order valence-corrected chi connectivity index (χ4v) is 2.11. The standard InChI is InChI=1S/C15H24N2O3/c1-11-6-5-7-12(2)15(11)16-14(19)9-17(3)8-13(18)10-20-4/h5-7,13,18H,8-10H2,1-4H3,(H,16,19). The Hall–Kier alpha value is -1.43. The van der Waals surface area contributed by atoms with Crippen LogP contribution in [0.25, 0.3) is 0 Å². The first kappa shape index (κ1) is 16.6. The van der Waals surface area contributed by atoms with E-state index >= 15 is 0 Å². The Bertz CT molecular complexity index is 428. The maximum Gasteiger partial charge on any atom is 0.238 e. The molecule has 5 nitrogen and oxygen atoms in total. The average molecular weight is 280 g/mol. The SMILES string of the molecule is COCC(O)CN(C)CC(=O)Nc1c(C)cccc1C. The molecule has 0 saturated carbocycles. The molecule has 1 amide bonds. The fraction of sp³-hybridized carbons (Fsp3) is 0.533. The molecule has 0 aliphatic rings. The molecular weight excluding hydrogens is 256 g/mol. The van der Waals surface area contributed by atoms with Crippen LogP contribution in [0.2, 0.25) is 0 Å². The van der Waals surface area contributed by atoms with Crippen LogP contribution in [-0.4, -0.2) is 55.9 Å². The van der Waals surface area contributed by atoms with Crippen molar-refractivity contribution in [3.8, 4) is 0 Å². The molecule has 1 unspecified atom stereocenters. The normalized spacial score (nSPS) is 12.5. The molecule has 0 aromatic heterocycles. The van der Waals surface area contributed by atoms with Gasteiger partial charge >= 0.3 is 0 Å². The number of hydrogen-bond acceptors (Lipinski definition) is 4. The van der Waals surface area contributed by atoms with Gasteiger partial charge in [0.2, 0.25) is 5.91 Å². The molecule has 0 saturated heterocycles. The van der Waals surface area contributed by atoms with E-state index < -0.39 is 6.10 Å². The van der Waals surface area contributed by atoms with Gasteiger partial charge in [-0.05, 0) is 32.0 Å². The Morgan fingerprint density at radius 1 is 1.40 bits per heavy atom. The number of methoxy groups -OCH3 is 1. The van der Waals surface area contributed by atoms with Gasteiger partial charge in [-0.2, -0.15) is 0 Å². The topological polar surface area (TPSA) is 61.8 Å². The monoisotopic (exact) mass is 280 g/mol. The van der Waals surface area contributed by atoms with Gasteiger partial charge in [0.25, 0.3) is 0 Å². The maximum absolute atomic E-state index is 12.0. The number of hydrogen-bond donors (Lipinski definition) is 2. The lowest BCUT2D eigenvalue weighted by molar-refractivity contribution is -0.117. The fourth-order valence-electron chi connectivity index (χ4n) is 2.11. The van der Waals surface area contributed by atoms with Crippen LogP contribution in [0.15, 0.2) is 18.2 Å². The molecule has 0 aliphatic heterocycles. The van der Waals surface area contributed by atoms with E-state index in [1.54, 1.807) is 11.9 Å². The number of aliphatic hydroxyl groups is 1. The summed E-state index contributed by atoms with van der Waals surface area (Å²) in [6.45, 7) is 4.83. The van der Waals surface area contributed by atoms with Crippen molar-refractivity contribution in [3.05, 3.63) is 29.3 Å². The number of carbonyl (C=O) groups is 1. The first-order valence-electron chi connectivity index (χ1n) is 6.65. The van der Waals surface area contributed by atoms with Crippen molar-refractivity contribution in [1.29, 1.82) is 0 Å². The molecule has 1 rings (SSSR count). The molecule has 1 aromatic carbocycles. The van der Waals surface area contributed by atoms with Crippen LogP contribution < -0.4 is 5.32 Å². The molecule has 0 spiro atoms. The number of carbonyl (C=O) groups excluding carboxylic acids is 1. The largest absolute Gasteiger partial charge is 0.389 e. The molecular formula is C15H24N2O3. The van der Waals surface area contributed by atoms with Gasteiger partial charge < -0.3 is 15.2 Å². The lowest BCUT2D eigenvalue weighted by Crippen LogP contribution is -2.37. The number of para-hydroxylation sites is 1. The molecule has 2 N–H and O–H groups in total. The summed E-state index contributed by atoms with van der Waals surface area (Å²) in [6, 6.07) is 5.90. The van der Waals surface area contributed by atoms with Gasteiger partial charge in [-0.1, -0.05) is 18.2 Å². The smallest absolute Gasteiger partial charge is 0.238 e. The number of ether oxygens (including phenoxy) is 1. The first-order chi connectivity index (χ1) is 9.43. The van der Waals surface area contributed by atoms with Crippen molar-refractivity contribution in [2.24, 2.45) is 0 Å². The summed E-state index contributed by atoms with van der Waals surface area (Å²) < 4.78 is 4.86. The number of anilines is 1.